The van der Waals surface area contributed by atoms with Crippen LogP contribution in [0, 0.1) is 5.92 Å². The molecule has 1 rings (SSSR count). The highest BCUT2D eigenvalue weighted by Gasteiger charge is 2.23. The van der Waals surface area contributed by atoms with Crippen LogP contribution >= 0.6 is 0 Å². The van der Waals surface area contributed by atoms with E-state index in [0.29, 0.717) is 25.9 Å². The van der Waals surface area contributed by atoms with Crippen LogP contribution < -0.4 is 5.73 Å². The van der Waals surface area contributed by atoms with Crippen molar-refractivity contribution in [2.75, 3.05) is 19.6 Å². The molecule has 1 aliphatic rings. The molecule has 5 N–H and O–H groups in total. The molecule has 1 fully saturated rings. The summed E-state index contributed by atoms with van der Waals surface area (Å²) in [5, 5.41) is 8.51. The van der Waals surface area contributed by atoms with E-state index in [4.69, 9.17) is 10.8 Å². The highest BCUT2D eigenvalue weighted by molar-refractivity contribution is 5.76. The van der Waals surface area contributed by atoms with E-state index in [1.165, 1.54) is 0 Å². The van der Waals surface area contributed by atoms with Crippen molar-refractivity contribution < 1.29 is 20.2 Å². The van der Waals surface area contributed by atoms with Gasteiger partial charge in [0.15, 0.2) is 0 Å². The molecular formula is C8H16N2O4. The number of carbonyl (C=O) groups is 2. The van der Waals surface area contributed by atoms with E-state index in [9.17, 15) is 9.59 Å². The fraction of sp³-hybridized carbons (Fsp3) is 0.750. The van der Waals surface area contributed by atoms with Gasteiger partial charge in [-0.2, -0.15) is 0 Å². The molecule has 0 unspecified atom stereocenters. The number of amides is 1. The minimum absolute atomic E-state index is 0. The Morgan fingerprint density at radius 1 is 1.36 bits per heavy atom. The van der Waals surface area contributed by atoms with Crippen LogP contribution in [-0.2, 0) is 9.59 Å². The van der Waals surface area contributed by atoms with Crippen LogP contribution in [0.25, 0.3) is 0 Å². The normalized spacial score (nSPS) is 18.6. The van der Waals surface area contributed by atoms with Crippen LogP contribution in [0.2, 0.25) is 0 Å². The first kappa shape index (κ1) is 12.9. The molecule has 6 nitrogen and oxygen atoms in total. The van der Waals surface area contributed by atoms with E-state index in [-0.39, 0.29) is 23.8 Å². The summed E-state index contributed by atoms with van der Waals surface area (Å²) in [5.74, 6) is -1.16. The maximum atomic E-state index is 10.8. The molecule has 14 heavy (non-hydrogen) atoms. The number of nitrogens with zero attached hydrogens (tertiary/aromatic N) is 1. The minimum Gasteiger partial charge on any atom is -0.480 e. The predicted molar refractivity (Wildman–Crippen MR) is 49.6 cm³/mol. The van der Waals surface area contributed by atoms with Crippen molar-refractivity contribution in [2.45, 2.75) is 12.8 Å². The predicted octanol–water partition coefficient (Wildman–Crippen LogP) is -1.56. The third-order valence-corrected chi connectivity index (χ3v) is 2.35. The number of hydrogen-bond donors (Lipinski definition) is 2. The summed E-state index contributed by atoms with van der Waals surface area (Å²) in [7, 11) is 0. The molecule has 0 bridgehead atoms. The highest BCUT2D eigenvalue weighted by atomic mass is 16.4. The summed E-state index contributed by atoms with van der Waals surface area (Å²) in [6.07, 6.45) is 1.37. The van der Waals surface area contributed by atoms with Crippen LogP contribution in [0.3, 0.4) is 0 Å². The topological polar surface area (TPSA) is 115 Å². The van der Waals surface area contributed by atoms with Crippen molar-refractivity contribution >= 4 is 11.9 Å². The lowest BCUT2D eigenvalue weighted by molar-refractivity contribution is -0.138. The van der Waals surface area contributed by atoms with Gasteiger partial charge >= 0.3 is 5.97 Å². The van der Waals surface area contributed by atoms with Gasteiger partial charge in [0.05, 0.1) is 6.54 Å². The Balaban J connectivity index is 0.00000169. The molecule has 1 saturated heterocycles. The number of aliphatic carboxylic acids is 1. The van der Waals surface area contributed by atoms with E-state index >= 15 is 0 Å². The maximum absolute atomic E-state index is 10.8. The van der Waals surface area contributed by atoms with Gasteiger partial charge in [-0.1, -0.05) is 0 Å². The zero-order valence-electron chi connectivity index (χ0n) is 7.90. The molecule has 0 spiro atoms. The molecule has 0 aromatic rings. The molecule has 1 aliphatic heterocycles. The number of piperidine rings is 1. The van der Waals surface area contributed by atoms with Crippen LogP contribution in [0.4, 0.5) is 0 Å². The first-order valence-electron chi connectivity index (χ1n) is 4.33. The average Bonchev–Trinajstić information content (AvgIpc) is 2.04. The highest BCUT2D eigenvalue weighted by Crippen LogP contribution is 2.15. The zero-order valence-corrected chi connectivity index (χ0v) is 7.90. The van der Waals surface area contributed by atoms with Gasteiger partial charge in [-0.25, -0.2) is 0 Å². The van der Waals surface area contributed by atoms with Crippen LogP contribution in [0.1, 0.15) is 12.8 Å². The first-order chi connectivity index (χ1) is 6.09. The molecule has 0 aromatic carbocycles. The van der Waals surface area contributed by atoms with Crippen molar-refractivity contribution in [1.82, 2.24) is 4.90 Å². The van der Waals surface area contributed by atoms with Crippen LogP contribution in [0.15, 0.2) is 0 Å². The third-order valence-electron chi connectivity index (χ3n) is 2.35. The molecule has 0 atom stereocenters. The van der Waals surface area contributed by atoms with E-state index in [0.717, 1.165) is 0 Å². The number of hydrogen-bond acceptors (Lipinski definition) is 3. The fourth-order valence-corrected chi connectivity index (χ4v) is 1.57. The summed E-state index contributed by atoms with van der Waals surface area (Å²) in [4.78, 5) is 22.9. The Bertz CT molecular complexity index is 211. The van der Waals surface area contributed by atoms with Crippen LogP contribution in [-0.4, -0.2) is 47.0 Å². The van der Waals surface area contributed by atoms with Gasteiger partial charge < -0.3 is 16.3 Å². The van der Waals surface area contributed by atoms with Crippen molar-refractivity contribution in [3.05, 3.63) is 0 Å². The average molecular weight is 204 g/mol. The maximum Gasteiger partial charge on any atom is 0.317 e. The standard InChI is InChI=1S/C8H14N2O3.H2O/c9-8(13)6-1-3-10(4-2-6)5-7(11)12;/h6H,1-5H2,(H2,9,13)(H,11,12);1H2. The Kier molecular flexibility index (Phi) is 5.11. The van der Waals surface area contributed by atoms with Gasteiger partial charge in [-0.15, -0.1) is 0 Å². The summed E-state index contributed by atoms with van der Waals surface area (Å²) in [5.41, 5.74) is 5.14. The number of nitrogens with two attached hydrogens (primary N) is 1. The quantitative estimate of drug-likeness (QED) is 0.578. The number of rotatable bonds is 3. The second-order valence-electron chi connectivity index (χ2n) is 3.35. The molecule has 0 radical (unpaired) electrons. The van der Waals surface area contributed by atoms with Gasteiger partial charge in [-0.05, 0) is 25.9 Å². The molecule has 6 heteroatoms. The van der Waals surface area contributed by atoms with Gasteiger partial charge in [-0.3, -0.25) is 14.5 Å². The molecular weight excluding hydrogens is 188 g/mol. The number of carboxylic acid groups (broad SMARTS) is 1. The van der Waals surface area contributed by atoms with Gasteiger partial charge in [0.25, 0.3) is 0 Å². The molecule has 1 heterocycles. The molecule has 0 aromatic heterocycles. The van der Waals surface area contributed by atoms with Gasteiger partial charge in [0.2, 0.25) is 5.91 Å². The monoisotopic (exact) mass is 204 g/mol. The molecule has 0 saturated carbocycles. The van der Waals surface area contributed by atoms with Crippen molar-refractivity contribution in [3.63, 3.8) is 0 Å². The Hall–Kier alpha value is -1.14. The van der Waals surface area contributed by atoms with E-state index < -0.39 is 5.97 Å². The number of carbonyl (C=O) groups excluding carboxylic acids is 1. The Morgan fingerprint density at radius 3 is 2.21 bits per heavy atom. The lowest BCUT2D eigenvalue weighted by Crippen LogP contribution is -2.40. The van der Waals surface area contributed by atoms with E-state index in [1.54, 1.807) is 0 Å². The van der Waals surface area contributed by atoms with E-state index in [2.05, 4.69) is 0 Å². The number of primary amides is 1. The SMILES string of the molecule is NC(=O)C1CCN(CC(=O)O)CC1.O. The number of carboxylic acids is 1. The second kappa shape index (κ2) is 5.56. The van der Waals surface area contributed by atoms with Crippen molar-refractivity contribution in [3.8, 4) is 0 Å². The molecule has 82 valence electrons. The third kappa shape index (κ3) is 3.71. The summed E-state index contributed by atoms with van der Waals surface area (Å²) in [6, 6.07) is 0. The Morgan fingerprint density at radius 2 is 1.86 bits per heavy atom. The molecule has 1 amide bonds. The van der Waals surface area contributed by atoms with Crippen LogP contribution in [0.5, 0.6) is 0 Å². The first-order valence-corrected chi connectivity index (χ1v) is 4.33. The molecule has 0 aliphatic carbocycles. The largest absolute Gasteiger partial charge is 0.480 e. The smallest absolute Gasteiger partial charge is 0.317 e. The van der Waals surface area contributed by atoms with E-state index in [1.807, 2.05) is 4.90 Å². The second-order valence-corrected chi connectivity index (χ2v) is 3.35. The number of likely N-dealkylation sites (tertiary alicyclic amines) is 1. The lowest BCUT2D eigenvalue weighted by atomic mass is 9.96. The lowest BCUT2D eigenvalue weighted by Gasteiger charge is -2.28. The van der Waals surface area contributed by atoms with Gasteiger partial charge in [0, 0.05) is 5.92 Å². The Labute approximate surface area is 82.0 Å². The van der Waals surface area contributed by atoms with Gasteiger partial charge in [0.1, 0.15) is 0 Å². The van der Waals surface area contributed by atoms with Crippen molar-refractivity contribution in [1.29, 1.82) is 0 Å². The minimum atomic E-state index is -0.822. The fourth-order valence-electron chi connectivity index (χ4n) is 1.57. The summed E-state index contributed by atoms with van der Waals surface area (Å²) in [6.45, 7) is 1.37. The summed E-state index contributed by atoms with van der Waals surface area (Å²) < 4.78 is 0. The summed E-state index contributed by atoms with van der Waals surface area (Å²) >= 11 is 0. The van der Waals surface area contributed by atoms with Crippen molar-refractivity contribution in [2.24, 2.45) is 11.7 Å². The zero-order chi connectivity index (χ0) is 9.84.